The first-order chi connectivity index (χ1) is 5.63. The average molecular weight is 163 g/mol. The van der Waals surface area contributed by atoms with Crippen molar-refractivity contribution >= 4 is 6.21 Å². The zero-order valence-corrected chi connectivity index (χ0v) is 8.17. The molecule has 1 heteroatoms. The Morgan fingerprint density at radius 1 is 1.33 bits per heavy atom. The van der Waals surface area contributed by atoms with Crippen molar-refractivity contribution in [1.29, 1.82) is 0 Å². The zero-order chi connectivity index (χ0) is 9.56. The third-order valence-corrected chi connectivity index (χ3v) is 1.58. The topological polar surface area (TPSA) is 12.4 Å². The standard InChI is InChI=1S/C11H17N/c1-6-8-12-11(9(3)4)10(5)7-2/h6-9H,1-2H2,3-5H3/b11-10-,12-8-. The van der Waals surface area contributed by atoms with Crippen LogP contribution in [0.1, 0.15) is 20.8 Å². The quantitative estimate of drug-likeness (QED) is 0.445. The molecule has 0 aromatic carbocycles. The fourth-order valence-corrected chi connectivity index (χ4v) is 0.944. The van der Waals surface area contributed by atoms with E-state index in [-0.39, 0.29) is 0 Å². The average Bonchev–Trinajstić information content (AvgIpc) is 2.04. The Kier molecular flexibility index (Phi) is 5.02. The van der Waals surface area contributed by atoms with E-state index in [1.165, 1.54) is 0 Å². The Balaban J connectivity index is 4.77. The highest BCUT2D eigenvalue weighted by atomic mass is 14.7. The van der Waals surface area contributed by atoms with Gasteiger partial charge in [-0.2, -0.15) is 0 Å². The molecular formula is C11H17N. The number of allylic oxidation sites excluding steroid dienone is 4. The number of rotatable bonds is 4. The van der Waals surface area contributed by atoms with E-state index in [0.29, 0.717) is 5.92 Å². The van der Waals surface area contributed by atoms with Gasteiger partial charge in [-0.25, -0.2) is 0 Å². The van der Waals surface area contributed by atoms with Gasteiger partial charge in [-0.05, 0) is 18.4 Å². The van der Waals surface area contributed by atoms with Crippen LogP contribution in [0.5, 0.6) is 0 Å². The van der Waals surface area contributed by atoms with E-state index in [9.17, 15) is 0 Å². The predicted molar refractivity (Wildman–Crippen MR) is 56.4 cm³/mol. The Bertz CT molecular complexity index is 219. The molecule has 0 spiro atoms. The second-order valence-electron chi connectivity index (χ2n) is 2.94. The zero-order valence-electron chi connectivity index (χ0n) is 8.17. The molecule has 0 aliphatic heterocycles. The first-order valence-electron chi connectivity index (χ1n) is 4.11. The van der Waals surface area contributed by atoms with Gasteiger partial charge in [-0.15, -0.1) is 0 Å². The monoisotopic (exact) mass is 163 g/mol. The van der Waals surface area contributed by atoms with Crippen LogP contribution in [-0.2, 0) is 0 Å². The number of nitrogens with zero attached hydrogens (tertiary/aromatic N) is 1. The van der Waals surface area contributed by atoms with Crippen LogP contribution in [0.25, 0.3) is 0 Å². The molecule has 66 valence electrons. The molecule has 0 aliphatic carbocycles. The maximum Gasteiger partial charge on any atom is 0.0457 e. The molecule has 0 rings (SSSR count). The summed E-state index contributed by atoms with van der Waals surface area (Å²) in [6.07, 6.45) is 5.22. The maximum atomic E-state index is 4.28. The molecule has 0 N–H and O–H groups in total. The van der Waals surface area contributed by atoms with E-state index >= 15 is 0 Å². The van der Waals surface area contributed by atoms with Crippen molar-refractivity contribution in [2.75, 3.05) is 0 Å². The summed E-state index contributed by atoms with van der Waals surface area (Å²) >= 11 is 0. The van der Waals surface area contributed by atoms with Crippen molar-refractivity contribution < 1.29 is 0 Å². The highest BCUT2D eigenvalue weighted by molar-refractivity contribution is 5.71. The molecule has 1 nitrogen and oxygen atoms in total. The second kappa shape index (κ2) is 5.53. The van der Waals surface area contributed by atoms with Crippen LogP contribution in [-0.4, -0.2) is 6.21 Å². The number of hydrogen-bond acceptors (Lipinski definition) is 1. The molecule has 0 aromatic rings. The van der Waals surface area contributed by atoms with E-state index in [4.69, 9.17) is 0 Å². The Morgan fingerprint density at radius 3 is 2.25 bits per heavy atom. The summed E-state index contributed by atoms with van der Waals surface area (Å²) in [5, 5.41) is 0. The molecule has 0 aromatic heterocycles. The van der Waals surface area contributed by atoms with E-state index in [1.54, 1.807) is 12.3 Å². The minimum atomic E-state index is 0.430. The van der Waals surface area contributed by atoms with Crippen molar-refractivity contribution in [2.24, 2.45) is 10.9 Å². The lowest BCUT2D eigenvalue weighted by Gasteiger charge is -2.07. The molecule has 12 heavy (non-hydrogen) atoms. The van der Waals surface area contributed by atoms with Crippen LogP contribution in [0, 0.1) is 5.92 Å². The lowest BCUT2D eigenvalue weighted by Crippen LogP contribution is -1.93. The van der Waals surface area contributed by atoms with Gasteiger partial charge < -0.3 is 0 Å². The summed E-state index contributed by atoms with van der Waals surface area (Å²) in [6.45, 7) is 13.5. The Labute approximate surface area is 75.2 Å². The van der Waals surface area contributed by atoms with Crippen molar-refractivity contribution in [3.05, 3.63) is 36.6 Å². The van der Waals surface area contributed by atoms with Crippen molar-refractivity contribution in [3.63, 3.8) is 0 Å². The second-order valence-corrected chi connectivity index (χ2v) is 2.94. The Hall–Kier alpha value is -1.11. The molecule has 0 amide bonds. The third-order valence-electron chi connectivity index (χ3n) is 1.58. The molecule has 0 saturated heterocycles. The predicted octanol–water partition coefficient (Wildman–Crippen LogP) is 3.36. The summed E-state index contributed by atoms with van der Waals surface area (Å²) in [5.74, 6) is 0.430. The molecule has 0 fully saturated rings. The molecule has 0 saturated carbocycles. The molecule has 0 atom stereocenters. The minimum Gasteiger partial charge on any atom is -0.261 e. The fourth-order valence-electron chi connectivity index (χ4n) is 0.944. The number of hydrogen-bond donors (Lipinski definition) is 0. The van der Waals surface area contributed by atoms with Gasteiger partial charge in [-0.1, -0.05) is 39.2 Å². The maximum absolute atomic E-state index is 4.28. The molecule has 0 radical (unpaired) electrons. The summed E-state index contributed by atoms with van der Waals surface area (Å²) in [4.78, 5) is 4.28. The van der Waals surface area contributed by atoms with Crippen LogP contribution < -0.4 is 0 Å². The summed E-state index contributed by atoms with van der Waals surface area (Å²) in [5.41, 5.74) is 2.20. The van der Waals surface area contributed by atoms with Gasteiger partial charge in [0.15, 0.2) is 0 Å². The van der Waals surface area contributed by atoms with E-state index in [2.05, 4.69) is 32.0 Å². The lowest BCUT2D eigenvalue weighted by molar-refractivity contribution is 0.750. The fraction of sp³-hybridized carbons (Fsp3) is 0.364. The first-order valence-corrected chi connectivity index (χ1v) is 4.11. The SMILES string of the molecule is C=C/C=N\C(=C(\C)C=C)C(C)C. The van der Waals surface area contributed by atoms with Crippen molar-refractivity contribution in [2.45, 2.75) is 20.8 Å². The summed E-state index contributed by atoms with van der Waals surface area (Å²) < 4.78 is 0. The van der Waals surface area contributed by atoms with Crippen LogP contribution >= 0.6 is 0 Å². The van der Waals surface area contributed by atoms with Gasteiger partial charge in [0.25, 0.3) is 0 Å². The number of aliphatic imine (C=N–C) groups is 1. The lowest BCUT2D eigenvalue weighted by atomic mass is 10.1. The highest BCUT2D eigenvalue weighted by Crippen LogP contribution is 2.16. The van der Waals surface area contributed by atoms with E-state index in [0.717, 1.165) is 11.3 Å². The molecule has 0 heterocycles. The summed E-state index contributed by atoms with van der Waals surface area (Å²) in [6, 6.07) is 0. The third kappa shape index (κ3) is 3.33. The smallest absolute Gasteiger partial charge is 0.0457 e. The Morgan fingerprint density at radius 2 is 1.92 bits per heavy atom. The van der Waals surface area contributed by atoms with Gasteiger partial charge in [0.2, 0.25) is 0 Å². The van der Waals surface area contributed by atoms with Gasteiger partial charge in [0.1, 0.15) is 0 Å². The van der Waals surface area contributed by atoms with Gasteiger partial charge in [0, 0.05) is 11.9 Å². The van der Waals surface area contributed by atoms with Crippen molar-refractivity contribution in [3.8, 4) is 0 Å². The van der Waals surface area contributed by atoms with E-state index < -0.39 is 0 Å². The summed E-state index contributed by atoms with van der Waals surface area (Å²) in [7, 11) is 0. The largest absolute Gasteiger partial charge is 0.261 e. The molecule has 0 aliphatic rings. The first kappa shape index (κ1) is 10.9. The van der Waals surface area contributed by atoms with Gasteiger partial charge >= 0.3 is 0 Å². The molecule has 0 unspecified atom stereocenters. The van der Waals surface area contributed by atoms with Crippen LogP contribution in [0.2, 0.25) is 0 Å². The highest BCUT2D eigenvalue weighted by Gasteiger charge is 2.02. The van der Waals surface area contributed by atoms with Crippen LogP contribution in [0.4, 0.5) is 0 Å². The van der Waals surface area contributed by atoms with Crippen molar-refractivity contribution in [1.82, 2.24) is 0 Å². The molecule has 0 bridgehead atoms. The van der Waals surface area contributed by atoms with Gasteiger partial charge in [-0.3, -0.25) is 4.99 Å². The van der Waals surface area contributed by atoms with Gasteiger partial charge in [0.05, 0.1) is 0 Å². The van der Waals surface area contributed by atoms with Crippen LogP contribution in [0.3, 0.4) is 0 Å². The minimum absolute atomic E-state index is 0.430. The van der Waals surface area contributed by atoms with E-state index in [1.807, 2.05) is 13.0 Å². The van der Waals surface area contributed by atoms with Crippen LogP contribution in [0.15, 0.2) is 41.6 Å². The molecular weight excluding hydrogens is 146 g/mol. The normalized spacial score (nSPS) is 13.3.